The number of hydrogen-bond donors (Lipinski definition) is 3. The molecule has 96 valence electrons. The van der Waals surface area contributed by atoms with Crippen LogP contribution in [0.2, 0.25) is 0 Å². The fraction of sp³-hybridized carbons (Fsp3) is 0.333. The van der Waals surface area contributed by atoms with Gasteiger partial charge in [0.1, 0.15) is 5.54 Å². The predicted molar refractivity (Wildman–Crippen MR) is 70.6 cm³/mol. The van der Waals surface area contributed by atoms with Crippen LogP contribution in [0, 0.1) is 6.92 Å². The molecule has 0 bridgehead atoms. The molecular weight excluding hydrogens is 300 g/mol. The molecular formula is C12H13BrN2O3. The molecule has 3 N–H and O–H groups in total. The summed E-state index contributed by atoms with van der Waals surface area (Å²) < 4.78 is 0.753. The summed E-state index contributed by atoms with van der Waals surface area (Å²) in [5, 5.41) is 14.1. The Morgan fingerprint density at radius 1 is 1.39 bits per heavy atom. The van der Waals surface area contributed by atoms with Gasteiger partial charge in [-0.15, -0.1) is 0 Å². The molecule has 5 nitrogen and oxygen atoms in total. The monoisotopic (exact) mass is 312 g/mol. The maximum absolute atomic E-state index is 11.7. The van der Waals surface area contributed by atoms with Crippen molar-refractivity contribution < 1.29 is 14.7 Å². The molecule has 6 heteroatoms. The average molecular weight is 313 g/mol. The zero-order valence-corrected chi connectivity index (χ0v) is 11.4. The van der Waals surface area contributed by atoms with E-state index in [0.717, 1.165) is 10.0 Å². The van der Waals surface area contributed by atoms with E-state index in [1.165, 1.54) is 0 Å². The number of nitrogens with one attached hydrogen (secondary N) is 2. The van der Waals surface area contributed by atoms with Crippen LogP contribution >= 0.6 is 15.9 Å². The normalized spacial score (nSPS) is 15.9. The number of benzene rings is 1. The topological polar surface area (TPSA) is 78.4 Å². The summed E-state index contributed by atoms with van der Waals surface area (Å²) in [5.41, 5.74) is 0.557. The number of urea groups is 1. The van der Waals surface area contributed by atoms with Crippen LogP contribution < -0.4 is 10.6 Å². The smallest absolute Gasteiger partial charge is 0.329 e. The summed E-state index contributed by atoms with van der Waals surface area (Å²) in [7, 11) is 0. The van der Waals surface area contributed by atoms with Gasteiger partial charge in [0.2, 0.25) is 0 Å². The Labute approximate surface area is 113 Å². The lowest BCUT2D eigenvalue weighted by Crippen LogP contribution is -2.45. The van der Waals surface area contributed by atoms with E-state index in [9.17, 15) is 9.59 Å². The number of aliphatic carboxylic acids is 1. The maximum atomic E-state index is 11.7. The molecule has 0 saturated heterocycles. The number of carbonyl (C=O) groups excluding carboxylic acids is 1. The zero-order chi connectivity index (χ0) is 13.3. The van der Waals surface area contributed by atoms with E-state index in [1.807, 2.05) is 25.1 Å². The zero-order valence-electron chi connectivity index (χ0n) is 9.79. The summed E-state index contributed by atoms with van der Waals surface area (Å²) in [6.45, 7) is 1.91. The van der Waals surface area contributed by atoms with Gasteiger partial charge in [-0.25, -0.2) is 9.59 Å². The average Bonchev–Trinajstić information content (AvgIpc) is 3.04. The second kappa shape index (κ2) is 4.61. The Morgan fingerprint density at radius 2 is 2.06 bits per heavy atom. The second-order valence-corrected chi connectivity index (χ2v) is 5.30. The molecule has 2 rings (SSSR count). The first-order chi connectivity index (χ1) is 8.43. The van der Waals surface area contributed by atoms with Gasteiger partial charge in [-0.05, 0) is 53.4 Å². The van der Waals surface area contributed by atoms with Crippen molar-refractivity contribution in [3.05, 3.63) is 28.2 Å². The van der Waals surface area contributed by atoms with Crippen molar-refractivity contribution in [2.45, 2.75) is 25.3 Å². The van der Waals surface area contributed by atoms with Crippen molar-refractivity contribution in [2.24, 2.45) is 0 Å². The standard InChI is InChI=1S/C12H13BrN2O3/c1-7-2-3-8(13)9(6-7)14-11(18)15-12(4-5-12)10(16)17/h2-3,6H,4-5H2,1H3,(H,16,17)(H2,14,15,18). The van der Waals surface area contributed by atoms with E-state index in [0.29, 0.717) is 18.5 Å². The van der Waals surface area contributed by atoms with Crippen LogP contribution in [0.25, 0.3) is 0 Å². The van der Waals surface area contributed by atoms with Gasteiger partial charge in [0.05, 0.1) is 5.69 Å². The number of anilines is 1. The molecule has 2 amide bonds. The van der Waals surface area contributed by atoms with Crippen molar-refractivity contribution >= 4 is 33.6 Å². The number of amides is 2. The van der Waals surface area contributed by atoms with E-state index >= 15 is 0 Å². The van der Waals surface area contributed by atoms with Gasteiger partial charge in [0.25, 0.3) is 0 Å². The molecule has 1 aromatic rings. The summed E-state index contributed by atoms with van der Waals surface area (Å²) >= 11 is 3.32. The molecule has 18 heavy (non-hydrogen) atoms. The molecule has 0 aliphatic heterocycles. The molecule has 0 spiro atoms. The summed E-state index contributed by atoms with van der Waals surface area (Å²) in [5.74, 6) is -0.985. The molecule has 1 fully saturated rings. The first kappa shape index (κ1) is 12.9. The number of halogens is 1. The Balaban J connectivity index is 2.04. The molecule has 1 aliphatic carbocycles. The maximum Gasteiger partial charge on any atom is 0.329 e. The van der Waals surface area contributed by atoms with Crippen LogP contribution in [0.3, 0.4) is 0 Å². The lowest BCUT2D eigenvalue weighted by molar-refractivity contribution is -0.140. The van der Waals surface area contributed by atoms with E-state index in [-0.39, 0.29) is 0 Å². The van der Waals surface area contributed by atoms with Gasteiger partial charge in [-0.2, -0.15) is 0 Å². The van der Waals surface area contributed by atoms with Crippen LogP contribution in [0.1, 0.15) is 18.4 Å². The highest BCUT2D eigenvalue weighted by Crippen LogP contribution is 2.35. The number of rotatable bonds is 3. The summed E-state index contributed by atoms with van der Waals surface area (Å²) in [6.07, 6.45) is 0.954. The minimum atomic E-state index is -1.07. The molecule has 0 unspecified atom stereocenters. The Hall–Kier alpha value is -1.56. The van der Waals surface area contributed by atoms with Gasteiger partial charge >= 0.3 is 12.0 Å². The highest BCUT2D eigenvalue weighted by Gasteiger charge is 2.51. The van der Waals surface area contributed by atoms with Crippen molar-refractivity contribution in [1.82, 2.24) is 5.32 Å². The lowest BCUT2D eigenvalue weighted by atomic mass is 10.2. The fourth-order valence-corrected chi connectivity index (χ4v) is 1.97. The number of carbonyl (C=O) groups is 2. The summed E-state index contributed by atoms with van der Waals surface area (Å²) in [4.78, 5) is 22.7. The van der Waals surface area contributed by atoms with Gasteiger partial charge in [-0.3, -0.25) is 0 Å². The van der Waals surface area contributed by atoms with E-state index in [4.69, 9.17) is 5.11 Å². The minimum Gasteiger partial charge on any atom is -0.480 e. The third-order valence-electron chi connectivity index (χ3n) is 2.88. The number of carboxylic acids is 1. The highest BCUT2D eigenvalue weighted by molar-refractivity contribution is 9.10. The second-order valence-electron chi connectivity index (χ2n) is 4.45. The Kier molecular flexibility index (Phi) is 3.30. The van der Waals surface area contributed by atoms with Crippen LogP contribution in [0.5, 0.6) is 0 Å². The quantitative estimate of drug-likeness (QED) is 0.802. The molecule has 0 aromatic heterocycles. The van der Waals surface area contributed by atoms with E-state index in [1.54, 1.807) is 0 Å². The van der Waals surface area contributed by atoms with Gasteiger partial charge < -0.3 is 15.7 Å². The summed E-state index contributed by atoms with van der Waals surface area (Å²) in [6, 6.07) is 5.05. The van der Waals surface area contributed by atoms with Gasteiger partial charge in [0, 0.05) is 4.47 Å². The van der Waals surface area contributed by atoms with Crippen molar-refractivity contribution in [1.29, 1.82) is 0 Å². The third kappa shape index (κ3) is 2.64. The van der Waals surface area contributed by atoms with Crippen LogP contribution in [0.4, 0.5) is 10.5 Å². The molecule has 1 aromatic carbocycles. The van der Waals surface area contributed by atoms with Gasteiger partial charge in [-0.1, -0.05) is 6.07 Å². The van der Waals surface area contributed by atoms with Crippen LogP contribution in [-0.4, -0.2) is 22.6 Å². The number of carboxylic acid groups (broad SMARTS) is 1. The predicted octanol–water partition coefficient (Wildman–Crippen LogP) is 2.50. The van der Waals surface area contributed by atoms with E-state index in [2.05, 4.69) is 26.6 Å². The number of aryl methyl sites for hydroxylation is 1. The van der Waals surface area contributed by atoms with E-state index < -0.39 is 17.5 Å². The lowest BCUT2D eigenvalue weighted by Gasteiger charge is -2.14. The first-order valence-corrected chi connectivity index (χ1v) is 6.31. The highest BCUT2D eigenvalue weighted by atomic mass is 79.9. The molecule has 0 atom stereocenters. The third-order valence-corrected chi connectivity index (χ3v) is 3.57. The fourth-order valence-electron chi connectivity index (χ4n) is 1.62. The number of hydrogen-bond acceptors (Lipinski definition) is 2. The van der Waals surface area contributed by atoms with Crippen LogP contribution in [-0.2, 0) is 4.79 Å². The van der Waals surface area contributed by atoms with Crippen molar-refractivity contribution in [2.75, 3.05) is 5.32 Å². The Morgan fingerprint density at radius 3 is 2.61 bits per heavy atom. The molecule has 1 aliphatic rings. The van der Waals surface area contributed by atoms with Crippen LogP contribution in [0.15, 0.2) is 22.7 Å². The SMILES string of the molecule is Cc1ccc(Br)c(NC(=O)NC2(C(=O)O)CC2)c1. The molecule has 0 radical (unpaired) electrons. The molecule has 0 heterocycles. The van der Waals surface area contributed by atoms with Gasteiger partial charge in [0.15, 0.2) is 0 Å². The molecule has 1 saturated carbocycles. The minimum absolute atomic E-state index is 0.477. The van der Waals surface area contributed by atoms with Crippen molar-refractivity contribution in [3.8, 4) is 0 Å². The Bertz CT molecular complexity index is 512. The largest absolute Gasteiger partial charge is 0.480 e. The van der Waals surface area contributed by atoms with Crippen molar-refractivity contribution in [3.63, 3.8) is 0 Å². The first-order valence-electron chi connectivity index (χ1n) is 5.52.